The second kappa shape index (κ2) is 6.20. The lowest BCUT2D eigenvalue weighted by atomic mass is 9.78. The van der Waals surface area contributed by atoms with Gasteiger partial charge in [-0.15, -0.1) is 0 Å². The molecule has 0 bridgehead atoms. The standard InChI is InChI=1S/C14H27N3/c1-6-14(7-2,11-15-5)10-13-9-12(4)16-17(13)8-3/h9,15H,6-8,10-11H2,1-5H3. The van der Waals surface area contributed by atoms with Gasteiger partial charge in [-0.1, -0.05) is 13.8 Å². The van der Waals surface area contributed by atoms with Crippen LogP contribution in [0.4, 0.5) is 0 Å². The van der Waals surface area contributed by atoms with Crippen molar-refractivity contribution in [1.82, 2.24) is 15.1 Å². The van der Waals surface area contributed by atoms with E-state index < -0.39 is 0 Å². The largest absolute Gasteiger partial charge is 0.319 e. The Hall–Kier alpha value is -0.830. The Balaban J connectivity index is 2.91. The third-order valence-electron chi connectivity index (χ3n) is 3.89. The van der Waals surface area contributed by atoms with E-state index in [2.05, 4.69) is 48.9 Å². The van der Waals surface area contributed by atoms with Crippen LogP contribution in [-0.4, -0.2) is 23.4 Å². The summed E-state index contributed by atoms with van der Waals surface area (Å²) in [5, 5.41) is 7.88. The Morgan fingerprint density at radius 2 is 1.94 bits per heavy atom. The minimum atomic E-state index is 0.369. The summed E-state index contributed by atoms with van der Waals surface area (Å²) in [5.41, 5.74) is 2.88. The number of rotatable bonds is 7. The van der Waals surface area contributed by atoms with Gasteiger partial charge in [0.1, 0.15) is 0 Å². The molecule has 1 rings (SSSR count). The SMILES string of the molecule is CCn1nc(C)cc1CC(CC)(CC)CNC. The van der Waals surface area contributed by atoms with Gasteiger partial charge in [-0.05, 0) is 51.6 Å². The molecule has 1 aromatic heterocycles. The summed E-state index contributed by atoms with van der Waals surface area (Å²) < 4.78 is 2.14. The molecule has 3 heteroatoms. The van der Waals surface area contributed by atoms with Crippen LogP contribution in [0.25, 0.3) is 0 Å². The predicted molar refractivity (Wildman–Crippen MR) is 73.3 cm³/mol. The van der Waals surface area contributed by atoms with Crippen molar-refractivity contribution in [2.45, 2.75) is 53.5 Å². The van der Waals surface area contributed by atoms with Gasteiger partial charge in [0, 0.05) is 18.8 Å². The van der Waals surface area contributed by atoms with Gasteiger partial charge in [0.05, 0.1) is 5.69 Å². The van der Waals surface area contributed by atoms with Crippen LogP contribution in [0, 0.1) is 12.3 Å². The van der Waals surface area contributed by atoms with Crippen molar-refractivity contribution in [2.75, 3.05) is 13.6 Å². The van der Waals surface area contributed by atoms with Gasteiger partial charge in [-0.3, -0.25) is 4.68 Å². The molecule has 98 valence electrons. The van der Waals surface area contributed by atoms with Crippen LogP contribution in [0.15, 0.2) is 6.07 Å². The number of aromatic nitrogens is 2. The van der Waals surface area contributed by atoms with Gasteiger partial charge < -0.3 is 5.32 Å². The van der Waals surface area contributed by atoms with E-state index in [4.69, 9.17) is 0 Å². The van der Waals surface area contributed by atoms with Crippen molar-refractivity contribution < 1.29 is 0 Å². The fourth-order valence-electron chi connectivity index (χ4n) is 2.59. The summed E-state index contributed by atoms with van der Waals surface area (Å²) in [6, 6.07) is 2.24. The third-order valence-corrected chi connectivity index (χ3v) is 3.89. The molecule has 0 amide bonds. The highest BCUT2D eigenvalue weighted by Crippen LogP contribution is 2.30. The first kappa shape index (κ1) is 14.2. The summed E-state index contributed by atoms with van der Waals surface area (Å²) >= 11 is 0. The first-order chi connectivity index (χ1) is 8.10. The van der Waals surface area contributed by atoms with Crippen molar-refractivity contribution in [3.05, 3.63) is 17.5 Å². The second-order valence-electron chi connectivity index (χ2n) is 5.01. The van der Waals surface area contributed by atoms with E-state index in [0.717, 1.165) is 25.2 Å². The molecule has 1 N–H and O–H groups in total. The molecule has 0 unspecified atom stereocenters. The van der Waals surface area contributed by atoms with Crippen LogP contribution in [0.5, 0.6) is 0 Å². The third kappa shape index (κ3) is 3.32. The highest BCUT2D eigenvalue weighted by Gasteiger charge is 2.27. The summed E-state index contributed by atoms with van der Waals surface area (Å²) in [7, 11) is 2.04. The smallest absolute Gasteiger partial charge is 0.0596 e. The van der Waals surface area contributed by atoms with E-state index in [1.54, 1.807) is 0 Å². The number of aryl methyl sites for hydroxylation is 2. The van der Waals surface area contributed by atoms with Crippen LogP contribution >= 0.6 is 0 Å². The normalized spacial score (nSPS) is 12.1. The molecule has 0 spiro atoms. The lowest BCUT2D eigenvalue weighted by Crippen LogP contribution is -2.34. The Morgan fingerprint density at radius 3 is 2.41 bits per heavy atom. The zero-order valence-electron chi connectivity index (χ0n) is 12.0. The monoisotopic (exact) mass is 237 g/mol. The maximum atomic E-state index is 4.54. The molecular weight excluding hydrogens is 210 g/mol. The number of hydrogen-bond acceptors (Lipinski definition) is 2. The van der Waals surface area contributed by atoms with Crippen LogP contribution in [0.1, 0.15) is 45.0 Å². The van der Waals surface area contributed by atoms with Crippen molar-refractivity contribution in [1.29, 1.82) is 0 Å². The highest BCUT2D eigenvalue weighted by atomic mass is 15.3. The first-order valence-electron chi connectivity index (χ1n) is 6.78. The molecule has 0 saturated carbocycles. The minimum absolute atomic E-state index is 0.369. The summed E-state index contributed by atoms with van der Waals surface area (Å²) in [6.45, 7) is 10.9. The lowest BCUT2D eigenvalue weighted by molar-refractivity contribution is 0.246. The highest BCUT2D eigenvalue weighted by molar-refractivity contribution is 5.11. The Kier molecular flexibility index (Phi) is 5.19. The van der Waals surface area contributed by atoms with Crippen LogP contribution in [0.3, 0.4) is 0 Å². The summed E-state index contributed by atoms with van der Waals surface area (Å²) in [6.07, 6.45) is 3.53. The van der Waals surface area contributed by atoms with Crippen molar-refractivity contribution in [3.63, 3.8) is 0 Å². The predicted octanol–water partition coefficient (Wildman–Crippen LogP) is 2.78. The fourth-order valence-corrected chi connectivity index (χ4v) is 2.59. The van der Waals surface area contributed by atoms with Crippen molar-refractivity contribution in [2.24, 2.45) is 5.41 Å². The molecule has 1 aromatic rings. The van der Waals surface area contributed by atoms with E-state index >= 15 is 0 Å². The zero-order chi connectivity index (χ0) is 12.9. The Labute approximate surface area is 106 Å². The van der Waals surface area contributed by atoms with E-state index in [1.807, 2.05) is 7.05 Å². The molecule has 0 saturated heterocycles. The van der Waals surface area contributed by atoms with Gasteiger partial charge >= 0.3 is 0 Å². The second-order valence-corrected chi connectivity index (χ2v) is 5.01. The maximum Gasteiger partial charge on any atom is 0.0596 e. The average molecular weight is 237 g/mol. The number of hydrogen-bond donors (Lipinski definition) is 1. The molecular formula is C14H27N3. The molecule has 3 nitrogen and oxygen atoms in total. The molecule has 1 heterocycles. The number of nitrogens with zero attached hydrogens (tertiary/aromatic N) is 2. The van der Waals surface area contributed by atoms with Crippen LogP contribution in [-0.2, 0) is 13.0 Å². The van der Waals surface area contributed by atoms with E-state index in [0.29, 0.717) is 5.41 Å². The van der Waals surface area contributed by atoms with E-state index in [9.17, 15) is 0 Å². The molecule has 0 radical (unpaired) electrons. The van der Waals surface area contributed by atoms with Crippen molar-refractivity contribution in [3.8, 4) is 0 Å². The Bertz CT molecular complexity index is 337. The fraction of sp³-hybridized carbons (Fsp3) is 0.786. The van der Waals surface area contributed by atoms with Gasteiger partial charge in [0.2, 0.25) is 0 Å². The minimum Gasteiger partial charge on any atom is -0.319 e. The van der Waals surface area contributed by atoms with Gasteiger partial charge in [0.15, 0.2) is 0 Å². The van der Waals surface area contributed by atoms with Gasteiger partial charge in [-0.25, -0.2) is 0 Å². The average Bonchev–Trinajstić information content (AvgIpc) is 2.68. The van der Waals surface area contributed by atoms with Gasteiger partial charge in [-0.2, -0.15) is 5.10 Å². The van der Waals surface area contributed by atoms with E-state index in [1.165, 1.54) is 18.5 Å². The molecule has 0 aliphatic heterocycles. The molecule has 17 heavy (non-hydrogen) atoms. The molecule has 0 fully saturated rings. The Morgan fingerprint density at radius 1 is 1.29 bits per heavy atom. The van der Waals surface area contributed by atoms with Crippen molar-refractivity contribution >= 4 is 0 Å². The summed E-state index contributed by atoms with van der Waals surface area (Å²) in [4.78, 5) is 0. The lowest BCUT2D eigenvalue weighted by Gasteiger charge is -2.31. The molecule has 0 aliphatic rings. The molecule has 0 atom stereocenters. The van der Waals surface area contributed by atoms with Gasteiger partial charge in [0.25, 0.3) is 0 Å². The van der Waals surface area contributed by atoms with Crippen LogP contribution < -0.4 is 5.32 Å². The first-order valence-corrected chi connectivity index (χ1v) is 6.78. The zero-order valence-corrected chi connectivity index (χ0v) is 12.0. The quantitative estimate of drug-likeness (QED) is 0.790. The van der Waals surface area contributed by atoms with Crippen LogP contribution in [0.2, 0.25) is 0 Å². The topological polar surface area (TPSA) is 29.9 Å². The van der Waals surface area contributed by atoms with E-state index in [-0.39, 0.29) is 0 Å². The maximum absolute atomic E-state index is 4.54. The summed E-state index contributed by atoms with van der Waals surface area (Å²) in [5.74, 6) is 0. The molecule has 0 aromatic carbocycles. The number of nitrogens with one attached hydrogen (secondary N) is 1. The molecule has 0 aliphatic carbocycles.